The SMILES string of the molecule is CC(C)(C)OC(=O)NCCCCC(NC(=O)OC(C)(C)C)C(=O)NC1COC2C(NC(=O)C(CCCCNC(=O)OC(C)(C)C)NC(=O)OC(C)(C)C)COC12. The van der Waals surface area contributed by atoms with Crippen LogP contribution in [-0.2, 0) is 38.0 Å². The van der Waals surface area contributed by atoms with Crippen LogP contribution < -0.4 is 31.9 Å². The van der Waals surface area contributed by atoms with Gasteiger partial charge in [0.1, 0.15) is 46.7 Å². The smallest absolute Gasteiger partial charge is 0.408 e. The summed E-state index contributed by atoms with van der Waals surface area (Å²) in [4.78, 5) is 76.5. The average molecular weight is 801 g/mol. The Bertz CT molecular complexity index is 1230. The van der Waals surface area contributed by atoms with Gasteiger partial charge in [0.05, 0.1) is 25.3 Å². The molecule has 0 saturated carbocycles. The number of fused-ring (bicyclic) bond motifs is 1. The third-order valence-corrected chi connectivity index (χ3v) is 7.90. The minimum absolute atomic E-state index is 0.0939. The Morgan fingerprint density at radius 1 is 0.500 bits per heavy atom. The summed E-state index contributed by atoms with van der Waals surface area (Å²) >= 11 is 0. The van der Waals surface area contributed by atoms with Gasteiger partial charge >= 0.3 is 24.4 Å². The number of carbonyl (C=O) groups is 6. The summed E-state index contributed by atoms with van der Waals surface area (Å²) in [6.07, 6.45) is -1.25. The van der Waals surface area contributed by atoms with Gasteiger partial charge in [-0.15, -0.1) is 0 Å². The van der Waals surface area contributed by atoms with Gasteiger partial charge in [0.15, 0.2) is 0 Å². The Balaban J connectivity index is 2.01. The summed E-state index contributed by atoms with van der Waals surface area (Å²) < 4.78 is 33.3. The molecule has 0 bridgehead atoms. The van der Waals surface area contributed by atoms with Crippen molar-refractivity contribution < 1.29 is 57.2 Å². The highest BCUT2D eigenvalue weighted by molar-refractivity contribution is 5.86. The molecule has 0 aromatic heterocycles. The van der Waals surface area contributed by atoms with Crippen LogP contribution in [0.2, 0.25) is 0 Å². The predicted molar refractivity (Wildman–Crippen MR) is 206 cm³/mol. The summed E-state index contributed by atoms with van der Waals surface area (Å²) in [5, 5.41) is 16.6. The van der Waals surface area contributed by atoms with Crippen LogP contribution in [0.15, 0.2) is 0 Å². The zero-order valence-electron chi connectivity index (χ0n) is 35.4. The van der Waals surface area contributed by atoms with Gasteiger partial charge in [0, 0.05) is 13.1 Å². The predicted octanol–water partition coefficient (Wildman–Crippen LogP) is 3.93. The normalized spacial score (nSPS) is 20.7. The molecular weight excluding hydrogens is 732 g/mol. The van der Waals surface area contributed by atoms with Crippen LogP contribution in [0, 0.1) is 0 Å². The number of alkyl carbamates (subject to hydrolysis) is 4. The van der Waals surface area contributed by atoms with Crippen LogP contribution in [0.3, 0.4) is 0 Å². The zero-order chi connectivity index (χ0) is 42.5. The van der Waals surface area contributed by atoms with E-state index in [2.05, 4.69) is 31.9 Å². The van der Waals surface area contributed by atoms with Crippen molar-refractivity contribution in [3.63, 3.8) is 0 Å². The molecule has 56 heavy (non-hydrogen) atoms. The lowest BCUT2D eigenvalue weighted by molar-refractivity contribution is -0.125. The van der Waals surface area contributed by atoms with E-state index in [1.807, 2.05) is 0 Å². The van der Waals surface area contributed by atoms with Crippen LogP contribution >= 0.6 is 0 Å². The topological polar surface area (TPSA) is 230 Å². The summed E-state index contributed by atoms with van der Waals surface area (Å²) in [5.41, 5.74) is -2.83. The van der Waals surface area contributed by atoms with Gasteiger partial charge in [-0.05, 0) is 122 Å². The number of rotatable bonds is 16. The molecule has 0 spiro atoms. The summed E-state index contributed by atoms with van der Waals surface area (Å²) in [5.74, 6) is -0.937. The van der Waals surface area contributed by atoms with Crippen molar-refractivity contribution in [2.75, 3.05) is 26.3 Å². The maximum absolute atomic E-state index is 13.6. The number of amides is 6. The molecule has 6 atom stereocenters. The van der Waals surface area contributed by atoms with E-state index >= 15 is 0 Å². The van der Waals surface area contributed by atoms with E-state index in [9.17, 15) is 28.8 Å². The van der Waals surface area contributed by atoms with Gasteiger partial charge in [-0.3, -0.25) is 9.59 Å². The number of unbranched alkanes of at least 4 members (excludes halogenated alkanes) is 2. The van der Waals surface area contributed by atoms with Crippen molar-refractivity contribution in [2.45, 2.75) is 180 Å². The van der Waals surface area contributed by atoms with Gasteiger partial charge in [-0.2, -0.15) is 0 Å². The maximum Gasteiger partial charge on any atom is 0.408 e. The van der Waals surface area contributed by atoms with Gasteiger partial charge in [0.25, 0.3) is 0 Å². The molecule has 2 saturated heterocycles. The first-order valence-corrected chi connectivity index (χ1v) is 19.5. The van der Waals surface area contributed by atoms with Gasteiger partial charge in [0.2, 0.25) is 11.8 Å². The second-order valence-corrected chi connectivity index (χ2v) is 18.1. The number of hydrogen-bond acceptors (Lipinski definition) is 12. The van der Waals surface area contributed by atoms with E-state index in [1.165, 1.54) is 0 Å². The standard InChI is InChI=1S/C38H68N6O12/c1-35(2,3)53-31(47)39-19-15-13-17-23(43-33(49)55-37(7,8)9)29(45)41-25-21-51-28-26(22-52-27(25)28)42-30(46)24(44-34(50)56-38(10,11)12)18-14-16-20-40-32(48)54-36(4,5)6/h23-28H,13-22H2,1-12H3,(H,39,47)(H,40,48)(H,41,45)(H,42,46)(H,43,49)(H,44,50). The minimum Gasteiger partial charge on any atom is -0.444 e. The monoisotopic (exact) mass is 800 g/mol. The number of hydrogen-bond donors (Lipinski definition) is 6. The van der Waals surface area contributed by atoms with Gasteiger partial charge < -0.3 is 60.3 Å². The Hall–Kier alpha value is -4.06. The molecule has 0 aliphatic carbocycles. The maximum atomic E-state index is 13.6. The summed E-state index contributed by atoms with van der Waals surface area (Å²) in [7, 11) is 0. The fourth-order valence-corrected chi connectivity index (χ4v) is 5.71. The highest BCUT2D eigenvalue weighted by Gasteiger charge is 2.49. The first kappa shape index (κ1) is 48.1. The Morgan fingerprint density at radius 3 is 1.11 bits per heavy atom. The molecule has 18 heteroatoms. The molecule has 0 aromatic rings. The number of ether oxygens (including phenoxy) is 6. The van der Waals surface area contributed by atoms with Crippen LogP contribution in [0.25, 0.3) is 0 Å². The molecule has 2 rings (SSSR count). The lowest BCUT2D eigenvalue weighted by Crippen LogP contribution is -2.54. The molecule has 0 radical (unpaired) electrons. The number of carbonyl (C=O) groups excluding carboxylic acids is 6. The van der Waals surface area contributed by atoms with Crippen molar-refractivity contribution in [3.05, 3.63) is 0 Å². The van der Waals surface area contributed by atoms with E-state index in [4.69, 9.17) is 28.4 Å². The molecule has 6 amide bonds. The molecule has 6 N–H and O–H groups in total. The first-order chi connectivity index (χ1) is 25.7. The summed E-state index contributed by atoms with van der Waals surface area (Å²) in [6, 6.07) is -3.08. The van der Waals surface area contributed by atoms with Crippen LogP contribution in [0.5, 0.6) is 0 Å². The van der Waals surface area contributed by atoms with Crippen LogP contribution in [0.4, 0.5) is 19.2 Å². The summed E-state index contributed by atoms with van der Waals surface area (Å²) in [6.45, 7) is 21.7. The molecule has 322 valence electrons. The second-order valence-electron chi connectivity index (χ2n) is 18.1. The fraction of sp³-hybridized carbons (Fsp3) is 0.842. The lowest BCUT2D eigenvalue weighted by Gasteiger charge is -2.25. The molecule has 2 fully saturated rings. The van der Waals surface area contributed by atoms with Gasteiger partial charge in [-0.25, -0.2) is 19.2 Å². The largest absolute Gasteiger partial charge is 0.444 e. The Labute approximate surface area is 331 Å². The molecular formula is C38H68N6O12. The molecule has 18 nitrogen and oxygen atoms in total. The van der Waals surface area contributed by atoms with Crippen molar-refractivity contribution in [1.82, 2.24) is 31.9 Å². The van der Waals surface area contributed by atoms with E-state index in [-0.39, 0.29) is 26.1 Å². The molecule has 2 heterocycles. The Morgan fingerprint density at radius 2 is 0.804 bits per heavy atom. The lowest BCUT2D eigenvalue weighted by atomic mass is 10.0. The molecule has 2 aliphatic rings. The van der Waals surface area contributed by atoms with Crippen LogP contribution in [0.1, 0.15) is 122 Å². The third-order valence-electron chi connectivity index (χ3n) is 7.90. The number of nitrogens with one attached hydrogen (secondary N) is 6. The van der Waals surface area contributed by atoms with Crippen molar-refractivity contribution in [2.24, 2.45) is 0 Å². The molecule has 6 unspecified atom stereocenters. The van der Waals surface area contributed by atoms with Gasteiger partial charge in [-0.1, -0.05) is 0 Å². The quantitative estimate of drug-likeness (QED) is 0.0964. The molecule has 2 aliphatic heterocycles. The van der Waals surface area contributed by atoms with E-state index in [0.717, 1.165) is 0 Å². The average Bonchev–Trinajstić information content (AvgIpc) is 3.58. The van der Waals surface area contributed by atoms with E-state index in [0.29, 0.717) is 38.8 Å². The van der Waals surface area contributed by atoms with Crippen molar-refractivity contribution >= 4 is 36.2 Å². The first-order valence-electron chi connectivity index (χ1n) is 19.5. The van der Waals surface area contributed by atoms with E-state index in [1.54, 1.807) is 83.1 Å². The van der Waals surface area contributed by atoms with Crippen molar-refractivity contribution in [3.8, 4) is 0 Å². The van der Waals surface area contributed by atoms with Crippen molar-refractivity contribution in [1.29, 1.82) is 0 Å². The molecule has 0 aromatic carbocycles. The third kappa shape index (κ3) is 19.7. The fourth-order valence-electron chi connectivity index (χ4n) is 5.71. The second kappa shape index (κ2) is 20.9. The van der Waals surface area contributed by atoms with Crippen LogP contribution in [-0.4, -0.2) is 121 Å². The highest BCUT2D eigenvalue weighted by Crippen LogP contribution is 2.28. The Kier molecular flexibility index (Phi) is 18.0. The minimum atomic E-state index is -0.957. The highest BCUT2D eigenvalue weighted by atomic mass is 16.6. The zero-order valence-corrected chi connectivity index (χ0v) is 35.4. The van der Waals surface area contributed by atoms with E-state index < -0.39 is 95.0 Å².